The number of aliphatic carboxylic acids is 1. The first-order chi connectivity index (χ1) is 26.1. The number of carbonyl (C=O) groups is 5. The fraction of sp³-hybridized carbons (Fsp3) is 0.805. The Morgan fingerprint density at radius 2 is 1.64 bits per heavy atom. The number of hydrogen-bond donors (Lipinski definition) is 2. The Balaban J connectivity index is 1.77. The van der Waals surface area contributed by atoms with Crippen LogP contribution in [0.5, 0.6) is 0 Å². The van der Waals surface area contributed by atoms with Gasteiger partial charge in [0, 0.05) is 90.5 Å². The standard InChI is InChI=1S/C41H69N5O8S/c1-11-27(6)38(44(8)40(50)31(25(2)3)21-34(48)37(26(4)5)45-17-14-42-15-18-45)35(53-9)22-36(49)46-16-12-13-32(46)39(54-10)28(7)33(47)20-29(41(51)52)19-30-23-55-24-43-30/h23-29,31-32,35,37-39,42H,11-22H2,1-10H3,(H,51,52)/t27-,28-,29+,31-,32-,35?,37-,38-,39+/m0/s1. The third-order valence-corrected chi connectivity index (χ3v) is 12.8. The molecule has 2 saturated heterocycles. The van der Waals surface area contributed by atoms with Gasteiger partial charge in [0.1, 0.15) is 5.78 Å². The molecule has 9 atom stereocenters. The molecule has 0 aromatic carbocycles. The number of nitrogens with zero attached hydrogens (tertiary/aromatic N) is 4. The normalized spacial score (nSPS) is 21.1. The summed E-state index contributed by atoms with van der Waals surface area (Å²) in [6.45, 7) is 17.7. The molecule has 0 saturated carbocycles. The summed E-state index contributed by atoms with van der Waals surface area (Å²) in [7, 11) is 4.87. The van der Waals surface area contributed by atoms with Crippen molar-refractivity contribution in [1.29, 1.82) is 0 Å². The highest BCUT2D eigenvalue weighted by Gasteiger charge is 2.43. The molecule has 0 spiro atoms. The number of aromatic nitrogens is 1. The molecule has 1 unspecified atom stereocenters. The van der Waals surface area contributed by atoms with Gasteiger partial charge in [-0.2, -0.15) is 0 Å². The quantitative estimate of drug-likeness (QED) is 0.162. The molecule has 1 aromatic rings. The predicted octanol–water partition coefficient (Wildman–Crippen LogP) is 4.43. The summed E-state index contributed by atoms with van der Waals surface area (Å²) in [5, 5.41) is 15.0. The summed E-state index contributed by atoms with van der Waals surface area (Å²) < 4.78 is 12.0. The second kappa shape index (κ2) is 22.2. The third-order valence-electron chi connectivity index (χ3n) is 12.1. The molecule has 55 heavy (non-hydrogen) atoms. The van der Waals surface area contributed by atoms with E-state index in [1.165, 1.54) is 18.4 Å². The molecule has 2 aliphatic heterocycles. The first-order valence-corrected chi connectivity index (χ1v) is 21.2. The molecule has 2 N–H and O–H groups in total. The zero-order valence-electron chi connectivity index (χ0n) is 35.0. The Labute approximate surface area is 333 Å². The minimum Gasteiger partial charge on any atom is -0.481 e. The van der Waals surface area contributed by atoms with Crippen molar-refractivity contribution in [3.8, 4) is 0 Å². The maximum atomic E-state index is 14.5. The molecule has 3 rings (SSSR count). The van der Waals surface area contributed by atoms with Crippen LogP contribution >= 0.6 is 11.3 Å². The predicted molar refractivity (Wildman–Crippen MR) is 214 cm³/mol. The number of hydrogen-bond acceptors (Lipinski definition) is 11. The summed E-state index contributed by atoms with van der Waals surface area (Å²) >= 11 is 1.38. The summed E-state index contributed by atoms with van der Waals surface area (Å²) in [6, 6.07) is -1.05. The highest BCUT2D eigenvalue weighted by Crippen LogP contribution is 2.32. The van der Waals surface area contributed by atoms with Gasteiger partial charge < -0.3 is 29.7 Å². The minimum atomic E-state index is -1.05. The Bertz CT molecular complexity index is 1390. The molecule has 0 bridgehead atoms. The molecule has 0 radical (unpaired) electrons. The minimum absolute atomic E-state index is 0.00956. The van der Waals surface area contributed by atoms with Gasteiger partial charge >= 0.3 is 5.97 Å². The molecular weight excluding hydrogens is 723 g/mol. The Kier molecular flexibility index (Phi) is 18.8. The van der Waals surface area contributed by atoms with E-state index < -0.39 is 42.0 Å². The lowest BCUT2D eigenvalue weighted by molar-refractivity contribution is -0.149. The fourth-order valence-corrected chi connectivity index (χ4v) is 9.34. The first-order valence-electron chi connectivity index (χ1n) is 20.3. The number of amides is 2. The van der Waals surface area contributed by atoms with Gasteiger partial charge in [0.25, 0.3) is 0 Å². The Morgan fingerprint density at radius 1 is 0.964 bits per heavy atom. The topological polar surface area (TPSA) is 159 Å². The fourth-order valence-electron chi connectivity index (χ4n) is 8.77. The number of carboxylic acids is 1. The van der Waals surface area contributed by atoms with Crippen molar-refractivity contribution in [3.63, 3.8) is 0 Å². The smallest absolute Gasteiger partial charge is 0.307 e. The number of nitrogens with one attached hydrogen (secondary N) is 1. The van der Waals surface area contributed by atoms with Crippen molar-refractivity contribution in [1.82, 2.24) is 25.0 Å². The van der Waals surface area contributed by atoms with E-state index in [1.807, 2.05) is 13.8 Å². The van der Waals surface area contributed by atoms with E-state index in [0.29, 0.717) is 18.7 Å². The van der Waals surface area contributed by atoms with Crippen molar-refractivity contribution < 1.29 is 38.6 Å². The van der Waals surface area contributed by atoms with E-state index in [1.54, 1.807) is 41.8 Å². The van der Waals surface area contributed by atoms with E-state index in [9.17, 15) is 29.1 Å². The maximum absolute atomic E-state index is 14.5. The highest BCUT2D eigenvalue weighted by atomic mass is 32.1. The van der Waals surface area contributed by atoms with Gasteiger partial charge in [0.2, 0.25) is 11.8 Å². The number of rotatable bonds is 23. The van der Waals surface area contributed by atoms with Crippen molar-refractivity contribution >= 4 is 40.7 Å². The number of thiazole rings is 1. The van der Waals surface area contributed by atoms with Crippen molar-refractivity contribution in [2.24, 2.45) is 35.5 Å². The van der Waals surface area contributed by atoms with Gasteiger partial charge in [-0.15, -0.1) is 11.3 Å². The van der Waals surface area contributed by atoms with Gasteiger partial charge in [-0.05, 0) is 30.6 Å². The number of ether oxygens (including phenoxy) is 2. The van der Waals surface area contributed by atoms with Gasteiger partial charge in [-0.25, -0.2) is 4.98 Å². The third kappa shape index (κ3) is 12.4. The van der Waals surface area contributed by atoms with Crippen LogP contribution in [0.2, 0.25) is 0 Å². The molecule has 1 aromatic heterocycles. The number of carbonyl (C=O) groups excluding carboxylic acids is 4. The van der Waals surface area contributed by atoms with E-state index in [-0.39, 0.29) is 78.9 Å². The molecule has 2 aliphatic rings. The Hall–Kier alpha value is -2.78. The number of likely N-dealkylation sites (tertiary alicyclic amines) is 1. The zero-order valence-corrected chi connectivity index (χ0v) is 35.8. The van der Waals surface area contributed by atoms with Crippen LogP contribution in [0, 0.1) is 35.5 Å². The van der Waals surface area contributed by atoms with E-state index in [2.05, 4.69) is 42.9 Å². The van der Waals surface area contributed by atoms with Crippen molar-refractivity contribution in [2.75, 3.05) is 54.0 Å². The van der Waals surface area contributed by atoms with Crippen LogP contribution < -0.4 is 5.32 Å². The molecule has 0 aliphatic carbocycles. The number of piperazine rings is 1. The summed E-state index contributed by atoms with van der Waals surface area (Å²) in [6.07, 6.45) is 1.07. The van der Waals surface area contributed by atoms with Crippen LogP contribution in [0.25, 0.3) is 0 Å². The molecule has 2 fully saturated rings. The maximum Gasteiger partial charge on any atom is 0.307 e. The summed E-state index contributed by atoms with van der Waals surface area (Å²) in [5.41, 5.74) is 2.28. The van der Waals surface area contributed by atoms with Gasteiger partial charge in [0.15, 0.2) is 5.78 Å². The average Bonchev–Trinajstić information content (AvgIpc) is 3.86. The molecule has 2 amide bonds. The van der Waals surface area contributed by atoms with Crippen LogP contribution in [0.3, 0.4) is 0 Å². The number of ketones is 2. The van der Waals surface area contributed by atoms with Gasteiger partial charge in [-0.1, -0.05) is 54.9 Å². The zero-order chi connectivity index (χ0) is 41.0. The number of Topliss-reactive ketones (excluding diaryl/α,β-unsaturated/α-hetero) is 2. The van der Waals surface area contributed by atoms with E-state index in [4.69, 9.17) is 9.47 Å². The lowest BCUT2D eigenvalue weighted by Gasteiger charge is -2.41. The number of likely N-dealkylation sites (N-methyl/N-ethyl adjacent to an activating group) is 1. The summed E-state index contributed by atoms with van der Waals surface area (Å²) in [5.74, 6) is -3.50. The second-order valence-electron chi connectivity index (χ2n) is 16.5. The second-order valence-corrected chi connectivity index (χ2v) is 17.2. The van der Waals surface area contributed by atoms with E-state index in [0.717, 1.165) is 39.0 Å². The molecule has 13 nitrogen and oxygen atoms in total. The number of carboxylic acid groups (broad SMARTS) is 1. The van der Waals surface area contributed by atoms with Crippen LogP contribution in [-0.4, -0.2) is 138 Å². The van der Waals surface area contributed by atoms with E-state index >= 15 is 0 Å². The number of methoxy groups -OCH3 is 2. The van der Waals surface area contributed by atoms with Crippen LogP contribution in [0.15, 0.2) is 10.9 Å². The lowest BCUT2D eigenvalue weighted by Crippen LogP contribution is -2.55. The molecule has 312 valence electrons. The highest BCUT2D eigenvalue weighted by molar-refractivity contribution is 7.07. The summed E-state index contributed by atoms with van der Waals surface area (Å²) in [4.78, 5) is 78.2. The monoisotopic (exact) mass is 791 g/mol. The molecule has 3 heterocycles. The average molecular weight is 792 g/mol. The Morgan fingerprint density at radius 3 is 2.16 bits per heavy atom. The van der Waals surface area contributed by atoms with Crippen LogP contribution in [0.4, 0.5) is 0 Å². The van der Waals surface area contributed by atoms with Crippen molar-refractivity contribution in [2.45, 2.75) is 124 Å². The molecule has 14 heteroatoms. The van der Waals surface area contributed by atoms with Crippen LogP contribution in [0.1, 0.15) is 92.7 Å². The lowest BCUT2D eigenvalue weighted by atomic mass is 9.83. The molecular formula is C41H69N5O8S. The van der Waals surface area contributed by atoms with Gasteiger partial charge in [0.05, 0.1) is 53.9 Å². The van der Waals surface area contributed by atoms with Crippen molar-refractivity contribution in [3.05, 3.63) is 16.6 Å². The van der Waals surface area contributed by atoms with Crippen LogP contribution in [-0.2, 0) is 39.9 Å². The van der Waals surface area contributed by atoms with Gasteiger partial charge in [-0.3, -0.25) is 28.9 Å². The largest absolute Gasteiger partial charge is 0.481 e. The SMILES string of the molecule is CC[C@H](C)[C@@H](C(CC(=O)N1CCC[C@H]1[C@H](OC)[C@@H](C)C(=O)C[C@@H](Cc1cscn1)C(=O)O)OC)N(C)C(=O)[C@@H](CC(=O)[C@H](C(C)C)N1CCNCC1)C(C)C. The first kappa shape index (κ1) is 46.6.